The van der Waals surface area contributed by atoms with E-state index in [1.165, 1.54) is 5.57 Å². The third kappa shape index (κ3) is 4.42. The highest BCUT2D eigenvalue weighted by molar-refractivity contribution is 6.09. The average molecular weight is 481 g/mol. The summed E-state index contributed by atoms with van der Waals surface area (Å²) in [7, 11) is 0. The summed E-state index contributed by atoms with van der Waals surface area (Å²) in [5, 5.41) is 0.939. The summed E-state index contributed by atoms with van der Waals surface area (Å²) in [5.41, 5.74) is 6.08. The zero-order chi connectivity index (χ0) is 24.5. The van der Waals surface area contributed by atoms with Crippen LogP contribution in [0.4, 0.5) is 0 Å². The molecule has 0 unspecified atom stereocenters. The van der Waals surface area contributed by atoms with E-state index in [-0.39, 0.29) is 11.8 Å². The van der Waals surface area contributed by atoms with Gasteiger partial charge in [0.25, 0.3) is 5.91 Å². The maximum atomic E-state index is 14.0. The van der Waals surface area contributed by atoms with Gasteiger partial charge in [-0.05, 0) is 54.5 Å². The molecular weight excluding hydrogens is 448 g/mol. The number of amides is 2. The van der Waals surface area contributed by atoms with E-state index in [1.807, 2.05) is 52.3 Å². The van der Waals surface area contributed by atoms with E-state index in [1.54, 1.807) is 0 Å². The molecule has 3 heterocycles. The molecule has 2 aliphatic heterocycles. The molecule has 0 bridgehead atoms. The Morgan fingerprint density at radius 3 is 2.31 bits per heavy atom. The van der Waals surface area contributed by atoms with Crippen molar-refractivity contribution in [3.8, 4) is 0 Å². The van der Waals surface area contributed by atoms with E-state index in [2.05, 4.69) is 23.1 Å². The number of carbonyl (C=O) groups is 2. The van der Waals surface area contributed by atoms with Gasteiger partial charge < -0.3 is 9.80 Å². The second kappa shape index (κ2) is 9.86. The minimum atomic E-state index is 0.0938. The van der Waals surface area contributed by atoms with Crippen LogP contribution in [0.15, 0.2) is 54.6 Å². The molecule has 6 heteroatoms. The number of allylic oxidation sites excluding steroid dienone is 1. The predicted molar refractivity (Wildman–Crippen MR) is 143 cm³/mol. The molecule has 0 N–H and O–H groups in total. The van der Waals surface area contributed by atoms with Crippen molar-refractivity contribution in [2.45, 2.75) is 25.7 Å². The maximum Gasteiger partial charge on any atom is 0.254 e. The molecule has 2 saturated heterocycles. The van der Waals surface area contributed by atoms with Gasteiger partial charge in [0.2, 0.25) is 5.91 Å². The first-order valence-electron chi connectivity index (χ1n) is 13.1. The monoisotopic (exact) mass is 480 g/mol. The second-order valence-corrected chi connectivity index (χ2v) is 10.1. The molecule has 6 rings (SSSR count). The van der Waals surface area contributed by atoms with Gasteiger partial charge in [0.1, 0.15) is 0 Å². The number of hydrogen-bond donors (Lipinski definition) is 0. The molecule has 6 nitrogen and oxygen atoms in total. The fourth-order valence-corrected chi connectivity index (χ4v) is 5.80. The lowest BCUT2D eigenvalue weighted by atomic mass is 9.99. The van der Waals surface area contributed by atoms with Crippen molar-refractivity contribution in [2.24, 2.45) is 0 Å². The molecule has 2 fully saturated rings. The summed E-state index contributed by atoms with van der Waals surface area (Å²) < 4.78 is 0. The predicted octanol–water partition coefficient (Wildman–Crippen LogP) is 4.10. The summed E-state index contributed by atoms with van der Waals surface area (Å²) in [6, 6.07) is 18.3. The first-order chi connectivity index (χ1) is 17.7. The molecule has 1 aliphatic carbocycles. The number of benzene rings is 2. The summed E-state index contributed by atoms with van der Waals surface area (Å²) in [4.78, 5) is 37.7. The first-order valence-corrected chi connectivity index (χ1v) is 13.1. The maximum absolute atomic E-state index is 14.0. The highest BCUT2D eigenvalue weighted by atomic mass is 16.2. The Morgan fingerprint density at radius 2 is 1.53 bits per heavy atom. The number of hydrogen-bond acceptors (Lipinski definition) is 4. The Balaban J connectivity index is 1.25. The smallest absolute Gasteiger partial charge is 0.254 e. The van der Waals surface area contributed by atoms with Crippen molar-refractivity contribution in [3.63, 3.8) is 0 Å². The standard InChI is InChI=1S/C30H32N4O2/c35-27(33-14-6-7-15-33)21-32-16-18-34(19-17-32)30(36)28-24-10-4-5-11-26(24)31-29-23(12-13-25(28)29)20-22-8-2-1-3-9-22/h1-5,8-11,20H,6-7,12-19,21H2/b23-20+. The zero-order valence-electron chi connectivity index (χ0n) is 20.7. The Morgan fingerprint density at radius 1 is 0.806 bits per heavy atom. The van der Waals surface area contributed by atoms with Crippen LogP contribution in [0.2, 0.25) is 0 Å². The van der Waals surface area contributed by atoms with E-state index in [4.69, 9.17) is 4.98 Å². The van der Waals surface area contributed by atoms with E-state index < -0.39 is 0 Å². The second-order valence-electron chi connectivity index (χ2n) is 10.1. The van der Waals surface area contributed by atoms with Gasteiger partial charge >= 0.3 is 0 Å². The largest absolute Gasteiger partial charge is 0.342 e. The molecule has 2 aromatic carbocycles. The van der Waals surface area contributed by atoms with Gasteiger partial charge in [0.15, 0.2) is 0 Å². The molecule has 0 atom stereocenters. The third-order valence-electron chi connectivity index (χ3n) is 7.77. The van der Waals surface area contributed by atoms with Crippen LogP contribution in [0.3, 0.4) is 0 Å². The van der Waals surface area contributed by atoms with Crippen molar-refractivity contribution < 1.29 is 9.59 Å². The molecular formula is C30H32N4O2. The Hall–Kier alpha value is -3.51. The van der Waals surface area contributed by atoms with Crippen LogP contribution in [0.5, 0.6) is 0 Å². The van der Waals surface area contributed by atoms with Crippen LogP contribution >= 0.6 is 0 Å². The highest BCUT2D eigenvalue weighted by Crippen LogP contribution is 2.38. The SMILES string of the molecule is O=C(CN1CCN(C(=O)c2c3c(nc4ccccc24)/C(=C/c2ccccc2)CC3)CC1)N1CCCC1. The van der Waals surface area contributed by atoms with Gasteiger partial charge in [-0.3, -0.25) is 14.5 Å². The summed E-state index contributed by atoms with van der Waals surface area (Å²) >= 11 is 0. The number of aromatic nitrogens is 1. The fourth-order valence-electron chi connectivity index (χ4n) is 5.80. The lowest BCUT2D eigenvalue weighted by Gasteiger charge is -2.35. The van der Waals surface area contributed by atoms with E-state index in [0.29, 0.717) is 19.6 Å². The number of pyridine rings is 1. The Labute approximate surface area is 212 Å². The van der Waals surface area contributed by atoms with Crippen LogP contribution in [-0.4, -0.2) is 77.3 Å². The van der Waals surface area contributed by atoms with Gasteiger partial charge in [-0.1, -0.05) is 48.5 Å². The lowest BCUT2D eigenvalue weighted by molar-refractivity contribution is -0.131. The van der Waals surface area contributed by atoms with Crippen LogP contribution in [0, 0.1) is 0 Å². The Kier molecular flexibility index (Phi) is 6.28. The average Bonchev–Trinajstić information content (AvgIpc) is 3.59. The molecule has 3 aliphatic rings. The molecule has 3 aromatic rings. The number of piperazine rings is 1. The number of fused-ring (bicyclic) bond motifs is 2. The number of carbonyl (C=O) groups excluding carboxylic acids is 2. The van der Waals surface area contributed by atoms with Gasteiger partial charge in [0, 0.05) is 44.7 Å². The van der Waals surface area contributed by atoms with Crippen LogP contribution in [-0.2, 0) is 11.2 Å². The van der Waals surface area contributed by atoms with Crippen molar-refractivity contribution in [1.29, 1.82) is 0 Å². The van der Waals surface area contributed by atoms with Gasteiger partial charge in [-0.25, -0.2) is 4.98 Å². The summed E-state index contributed by atoms with van der Waals surface area (Å²) in [5.74, 6) is 0.319. The van der Waals surface area contributed by atoms with Crippen molar-refractivity contribution in [3.05, 3.63) is 77.0 Å². The first kappa shape index (κ1) is 22.9. The topological polar surface area (TPSA) is 56.8 Å². The number of rotatable bonds is 4. The van der Waals surface area contributed by atoms with E-state index >= 15 is 0 Å². The van der Waals surface area contributed by atoms with E-state index in [9.17, 15) is 9.59 Å². The van der Waals surface area contributed by atoms with Gasteiger partial charge in [-0.2, -0.15) is 0 Å². The van der Waals surface area contributed by atoms with E-state index in [0.717, 1.165) is 85.1 Å². The molecule has 1 aromatic heterocycles. The highest BCUT2D eigenvalue weighted by Gasteiger charge is 2.31. The van der Waals surface area contributed by atoms with Crippen LogP contribution < -0.4 is 0 Å². The number of nitrogens with zero attached hydrogens (tertiary/aromatic N) is 4. The molecule has 0 spiro atoms. The van der Waals surface area contributed by atoms with Gasteiger partial charge in [0.05, 0.1) is 23.3 Å². The minimum Gasteiger partial charge on any atom is -0.342 e. The summed E-state index contributed by atoms with van der Waals surface area (Å²) in [6.45, 7) is 4.99. The molecule has 0 saturated carbocycles. The van der Waals surface area contributed by atoms with Crippen molar-refractivity contribution in [2.75, 3.05) is 45.8 Å². The van der Waals surface area contributed by atoms with Crippen molar-refractivity contribution >= 4 is 34.4 Å². The fraction of sp³-hybridized carbons (Fsp3) is 0.367. The molecule has 0 radical (unpaired) electrons. The normalized spacial score (nSPS) is 19.3. The number of para-hydroxylation sites is 1. The third-order valence-corrected chi connectivity index (χ3v) is 7.77. The molecule has 36 heavy (non-hydrogen) atoms. The molecule has 184 valence electrons. The quantitative estimate of drug-likeness (QED) is 0.564. The van der Waals surface area contributed by atoms with Crippen LogP contribution in [0.25, 0.3) is 22.6 Å². The minimum absolute atomic E-state index is 0.0938. The van der Waals surface area contributed by atoms with Gasteiger partial charge in [-0.15, -0.1) is 0 Å². The summed E-state index contributed by atoms with van der Waals surface area (Å²) in [6.07, 6.45) is 6.15. The molecule has 2 amide bonds. The van der Waals surface area contributed by atoms with Crippen molar-refractivity contribution in [1.82, 2.24) is 19.7 Å². The number of likely N-dealkylation sites (tertiary alicyclic amines) is 1. The Bertz CT molecular complexity index is 1320. The van der Waals surface area contributed by atoms with Crippen LogP contribution in [0.1, 0.15) is 46.4 Å². The zero-order valence-corrected chi connectivity index (χ0v) is 20.7. The lowest BCUT2D eigenvalue weighted by Crippen LogP contribution is -2.51.